The molecular weight excluding hydrogens is 183 g/mol. The van der Waals surface area contributed by atoms with E-state index in [9.17, 15) is 0 Å². The largest absolute Gasteiger partial charge is 0.175 e. The van der Waals surface area contributed by atoms with Crippen molar-refractivity contribution >= 4 is 21.9 Å². The lowest BCUT2D eigenvalue weighted by atomic mass is 10.1. The molecule has 0 nitrogen and oxygen atoms in total. The lowest BCUT2D eigenvalue weighted by Gasteiger charge is -2.08. The molecule has 0 heterocycles. The Morgan fingerprint density at radius 3 is 2.33 bits per heavy atom. The molecule has 1 rings (SSSR count). The number of hydrogen-bond donors (Lipinski definition) is 1. The van der Waals surface area contributed by atoms with Gasteiger partial charge in [-0.15, -0.1) is 9.24 Å². The molecule has 0 aromatic heterocycles. The van der Waals surface area contributed by atoms with Crippen molar-refractivity contribution in [3.05, 3.63) is 35.4 Å². The molecule has 0 amide bonds. The molecule has 0 radical (unpaired) electrons. The van der Waals surface area contributed by atoms with Gasteiger partial charge in [-0.1, -0.05) is 31.2 Å². The van der Waals surface area contributed by atoms with Crippen LogP contribution in [0.15, 0.2) is 24.3 Å². The summed E-state index contributed by atoms with van der Waals surface area (Å²) >= 11 is 4.21. The van der Waals surface area contributed by atoms with Crippen LogP contribution >= 0.6 is 21.9 Å². The summed E-state index contributed by atoms with van der Waals surface area (Å²) in [7, 11) is 2.86. The summed E-state index contributed by atoms with van der Waals surface area (Å²) in [6.07, 6.45) is 1.17. The second kappa shape index (κ2) is 4.89. The van der Waals surface area contributed by atoms with Crippen molar-refractivity contribution in [2.45, 2.75) is 24.8 Å². The van der Waals surface area contributed by atoms with E-state index in [1.165, 1.54) is 17.5 Å². The van der Waals surface area contributed by atoms with Gasteiger partial charge in [-0.25, -0.2) is 0 Å². The average Bonchev–Trinajstić information content (AvgIpc) is 2.17. The number of rotatable bonds is 3. The quantitative estimate of drug-likeness (QED) is 0.558. The summed E-state index contributed by atoms with van der Waals surface area (Å²) in [6.45, 7) is 2.20. The van der Waals surface area contributed by atoms with Crippen LogP contribution in [-0.2, 0) is 5.75 Å². The maximum atomic E-state index is 4.21. The summed E-state index contributed by atoms with van der Waals surface area (Å²) < 4.78 is 0. The third kappa shape index (κ3) is 2.50. The molecule has 2 heteroatoms. The first kappa shape index (κ1) is 10.1. The van der Waals surface area contributed by atoms with Crippen molar-refractivity contribution in [1.82, 2.24) is 0 Å². The summed E-state index contributed by atoms with van der Waals surface area (Å²) in [6, 6.07) is 8.67. The summed E-state index contributed by atoms with van der Waals surface area (Å²) in [5, 5.41) is 0. The third-order valence-electron chi connectivity index (χ3n) is 2.03. The SMILES string of the molecule is CCC(P)c1ccc(CS)cc1. The van der Waals surface area contributed by atoms with Crippen LogP contribution in [0.4, 0.5) is 0 Å². The molecule has 0 saturated carbocycles. The molecular formula is C10H15PS. The standard InChI is InChI=1S/C10H15PS/c1-2-10(11)9-5-3-8(7-12)4-6-9/h3-6,10,12H,2,7,11H2,1H3. The van der Waals surface area contributed by atoms with Gasteiger partial charge in [0.25, 0.3) is 0 Å². The van der Waals surface area contributed by atoms with Crippen molar-refractivity contribution in [1.29, 1.82) is 0 Å². The first-order chi connectivity index (χ1) is 5.77. The summed E-state index contributed by atoms with van der Waals surface area (Å²) in [5.74, 6) is 0.827. The molecule has 0 aliphatic rings. The van der Waals surface area contributed by atoms with E-state index in [2.05, 4.69) is 53.1 Å². The lowest BCUT2D eigenvalue weighted by molar-refractivity contribution is 0.896. The second-order valence-corrected chi connectivity index (χ2v) is 4.04. The molecule has 2 unspecified atom stereocenters. The van der Waals surface area contributed by atoms with E-state index in [1.54, 1.807) is 0 Å². The Morgan fingerprint density at radius 1 is 1.33 bits per heavy atom. The molecule has 0 fully saturated rings. The Hall–Kier alpha value is -0.0000000000000000555. The fourth-order valence-corrected chi connectivity index (χ4v) is 1.54. The van der Waals surface area contributed by atoms with E-state index in [4.69, 9.17) is 0 Å². The van der Waals surface area contributed by atoms with Gasteiger partial charge in [-0.05, 0) is 23.2 Å². The highest BCUT2D eigenvalue weighted by molar-refractivity contribution is 7.79. The highest BCUT2D eigenvalue weighted by Gasteiger charge is 2.01. The van der Waals surface area contributed by atoms with Crippen LogP contribution in [0.25, 0.3) is 0 Å². The van der Waals surface area contributed by atoms with Crippen LogP contribution < -0.4 is 0 Å². The zero-order valence-electron chi connectivity index (χ0n) is 7.33. The fraction of sp³-hybridized carbons (Fsp3) is 0.400. The lowest BCUT2D eigenvalue weighted by Crippen LogP contribution is -1.87. The normalized spacial score (nSPS) is 12.9. The molecule has 0 aliphatic carbocycles. The first-order valence-electron chi connectivity index (χ1n) is 4.23. The van der Waals surface area contributed by atoms with Crippen molar-refractivity contribution < 1.29 is 0 Å². The number of hydrogen-bond acceptors (Lipinski definition) is 1. The van der Waals surface area contributed by atoms with E-state index in [0.29, 0.717) is 5.66 Å². The van der Waals surface area contributed by atoms with Crippen LogP contribution in [0.5, 0.6) is 0 Å². The Balaban J connectivity index is 2.77. The van der Waals surface area contributed by atoms with E-state index >= 15 is 0 Å². The first-order valence-corrected chi connectivity index (χ1v) is 5.53. The predicted molar refractivity (Wildman–Crippen MR) is 61.9 cm³/mol. The van der Waals surface area contributed by atoms with Crippen LogP contribution in [0, 0.1) is 0 Å². The highest BCUT2D eigenvalue weighted by Crippen LogP contribution is 2.26. The van der Waals surface area contributed by atoms with Gasteiger partial charge < -0.3 is 0 Å². The van der Waals surface area contributed by atoms with Crippen LogP contribution in [0.3, 0.4) is 0 Å². The van der Waals surface area contributed by atoms with Crippen molar-refractivity contribution in [2.24, 2.45) is 0 Å². The smallest absolute Gasteiger partial charge is 0.0154 e. The van der Waals surface area contributed by atoms with E-state index < -0.39 is 0 Å². The minimum absolute atomic E-state index is 0.596. The predicted octanol–water partition coefficient (Wildman–Crippen LogP) is 3.44. The van der Waals surface area contributed by atoms with Crippen LogP contribution in [0.2, 0.25) is 0 Å². The van der Waals surface area contributed by atoms with Crippen molar-refractivity contribution in [3.8, 4) is 0 Å². The maximum absolute atomic E-state index is 4.21. The van der Waals surface area contributed by atoms with Gasteiger partial charge in [0, 0.05) is 5.75 Å². The van der Waals surface area contributed by atoms with Crippen molar-refractivity contribution in [2.75, 3.05) is 0 Å². The molecule has 0 aliphatic heterocycles. The zero-order chi connectivity index (χ0) is 8.97. The van der Waals surface area contributed by atoms with E-state index in [0.717, 1.165) is 5.75 Å². The topological polar surface area (TPSA) is 0 Å². The molecule has 2 atom stereocenters. The van der Waals surface area contributed by atoms with E-state index in [-0.39, 0.29) is 0 Å². The molecule has 12 heavy (non-hydrogen) atoms. The average molecular weight is 198 g/mol. The van der Waals surface area contributed by atoms with Gasteiger partial charge in [0.1, 0.15) is 0 Å². The number of thiol groups is 1. The van der Waals surface area contributed by atoms with Crippen LogP contribution in [0.1, 0.15) is 30.1 Å². The molecule has 0 spiro atoms. The van der Waals surface area contributed by atoms with Crippen LogP contribution in [-0.4, -0.2) is 0 Å². The molecule has 0 N–H and O–H groups in total. The Kier molecular flexibility index (Phi) is 4.11. The highest BCUT2D eigenvalue weighted by atomic mass is 32.1. The van der Waals surface area contributed by atoms with Gasteiger partial charge in [0.15, 0.2) is 0 Å². The third-order valence-corrected chi connectivity index (χ3v) is 3.25. The van der Waals surface area contributed by atoms with Gasteiger partial charge >= 0.3 is 0 Å². The van der Waals surface area contributed by atoms with E-state index in [1.807, 2.05) is 0 Å². The Labute approximate surface area is 82.4 Å². The maximum Gasteiger partial charge on any atom is 0.0154 e. The second-order valence-electron chi connectivity index (χ2n) is 2.91. The number of benzene rings is 1. The Morgan fingerprint density at radius 2 is 1.92 bits per heavy atom. The molecule has 0 saturated heterocycles. The molecule has 1 aromatic rings. The van der Waals surface area contributed by atoms with Gasteiger partial charge in [0.05, 0.1) is 0 Å². The minimum atomic E-state index is 0.596. The fourth-order valence-electron chi connectivity index (χ4n) is 1.11. The zero-order valence-corrected chi connectivity index (χ0v) is 9.37. The van der Waals surface area contributed by atoms with Crippen molar-refractivity contribution in [3.63, 3.8) is 0 Å². The summed E-state index contributed by atoms with van der Waals surface area (Å²) in [5.41, 5.74) is 3.28. The monoisotopic (exact) mass is 198 g/mol. The molecule has 0 bridgehead atoms. The molecule has 1 aromatic carbocycles. The summed E-state index contributed by atoms with van der Waals surface area (Å²) in [4.78, 5) is 0. The van der Waals surface area contributed by atoms with Gasteiger partial charge in [-0.3, -0.25) is 0 Å². The van der Waals surface area contributed by atoms with Gasteiger partial charge in [-0.2, -0.15) is 12.6 Å². The van der Waals surface area contributed by atoms with Gasteiger partial charge in [0.2, 0.25) is 0 Å². The minimum Gasteiger partial charge on any atom is -0.175 e. The Bertz CT molecular complexity index is 230. The molecule has 66 valence electrons.